The molecule has 1 fully saturated rings. The van der Waals surface area contributed by atoms with Gasteiger partial charge in [0, 0.05) is 11.1 Å². The zero-order chi connectivity index (χ0) is 17.4. The van der Waals surface area contributed by atoms with Crippen LogP contribution < -0.4 is 10.4 Å². The zero-order valence-electron chi connectivity index (χ0n) is 11.8. The zero-order valence-corrected chi connectivity index (χ0v) is 14.1. The quantitative estimate of drug-likeness (QED) is 0.793. The Hall–Kier alpha value is -1.89. The Labute approximate surface area is 150 Å². The summed E-state index contributed by atoms with van der Waals surface area (Å²) in [7, 11) is 0. The van der Waals surface area contributed by atoms with E-state index in [4.69, 9.17) is 34.8 Å². The van der Waals surface area contributed by atoms with Crippen molar-refractivity contribution in [3.05, 3.63) is 57.0 Å². The molecule has 3 rings (SSSR count). The molecular weight excluding hydrogens is 383 g/mol. The number of hydrogen-bond acceptors (Lipinski definition) is 2. The molecule has 0 unspecified atom stereocenters. The molecule has 0 bridgehead atoms. The van der Waals surface area contributed by atoms with Crippen molar-refractivity contribution in [2.45, 2.75) is 6.42 Å². The minimum Gasteiger partial charge on any atom is -0.277 e. The maximum atomic E-state index is 13.7. The fraction of sp³-hybridized carbons (Fsp3) is 0.0667. The predicted molar refractivity (Wildman–Crippen MR) is 90.2 cm³/mol. The lowest BCUT2D eigenvalue weighted by atomic mass is 10.3. The molecule has 0 spiro atoms. The summed E-state index contributed by atoms with van der Waals surface area (Å²) in [6.07, 6.45) is -0.119. The number of nitrogens with zero attached hydrogens (tertiary/aromatic N) is 2. The van der Waals surface area contributed by atoms with Crippen molar-refractivity contribution in [2.24, 2.45) is 4.99 Å². The van der Waals surface area contributed by atoms with E-state index in [2.05, 4.69) is 10.4 Å². The molecule has 1 saturated heterocycles. The third-order valence-corrected chi connectivity index (χ3v) is 3.97. The molecule has 2 aromatic carbocycles. The number of nitrogens with one attached hydrogen (secondary N) is 1. The van der Waals surface area contributed by atoms with Gasteiger partial charge in [0.2, 0.25) is 0 Å². The third kappa shape index (κ3) is 3.31. The lowest BCUT2D eigenvalue weighted by Crippen LogP contribution is -2.36. The highest BCUT2D eigenvalue weighted by Gasteiger charge is 2.30. The fourth-order valence-electron chi connectivity index (χ4n) is 2.16. The predicted octanol–water partition coefficient (Wildman–Crippen LogP) is 4.90. The normalized spacial score (nSPS) is 16.0. The molecule has 9 heteroatoms. The third-order valence-electron chi connectivity index (χ3n) is 3.18. The molecule has 1 N–H and O–H groups in total. The Balaban J connectivity index is 1.93. The van der Waals surface area contributed by atoms with E-state index in [9.17, 15) is 13.6 Å². The molecule has 124 valence electrons. The average Bonchev–Trinajstić information content (AvgIpc) is 2.82. The number of hydrazine groups is 1. The average molecular weight is 391 g/mol. The lowest BCUT2D eigenvalue weighted by molar-refractivity contribution is -0.116. The smallest absolute Gasteiger partial charge is 0.253 e. The van der Waals surface area contributed by atoms with E-state index in [-0.39, 0.29) is 39.6 Å². The highest BCUT2D eigenvalue weighted by molar-refractivity contribution is 6.42. The van der Waals surface area contributed by atoms with Crippen molar-refractivity contribution in [1.29, 1.82) is 0 Å². The van der Waals surface area contributed by atoms with Crippen LogP contribution >= 0.6 is 34.8 Å². The largest absolute Gasteiger partial charge is 0.277 e. The van der Waals surface area contributed by atoms with E-state index in [0.717, 1.165) is 11.1 Å². The number of benzene rings is 2. The standard InChI is InChI=1S/C15H8Cl3F2N3O/c16-7-3-9(17)15(10(18)4-7)23-14(24)6-13(22-23)21-12-2-1-8(19)5-11(12)20/h1-5H,6H2,(H,21,22). The number of hydrogen-bond donors (Lipinski definition) is 1. The number of carbonyl (C=O) groups is 1. The summed E-state index contributed by atoms with van der Waals surface area (Å²) in [6, 6.07) is 5.83. The van der Waals surface area contributed by atoms with E-state index in [0.29, 0.717) is 11.1 Å². The first-order valence-corrected chi connectivity index (χ1v) is 7.75. The van der Waals surface area contributed by atoms with Crippen LogP contribution in [0, 0.1) is 11.6 Å². The number of aliphatic imine (C=N–C) groups is 1. The number of amidine groups is 1. The first-order valence-electron chi connectivity index (χ1n) is 6.62. The maximum Gasteiger partial charge on any atom is 0.253 e. The van der Waals surface area contributed by atoms with Crippen LogP contribution in [0.3, 0.4) is 0 Å². The second kappa shape index (κ2) is 6.55. The van der Waals surface area contributed by atoms with Gasteiger partial charge in [-0.1, -0.05) is 34.8 Å². The van der Waals surface area contributed by atoms with E-state index >= 15 is 0 Å². The summed E-state index contributed by atoms with van der Waals surface area (Å²) in [6.45, 7) is 0. The van der Waals surface area contributed by atoms with Crippen LogP contribution in [0.4, 0.5) is 20.2 Å². The number of amides is 1. The highest BCUT2D eigenvalue weighted by atomic mass is 35.5. The summed E-state index contributed by atoms with van der Waals surface area (Å²) in [5.41, 5.74) is 2.83. The number of carbonyl (C=O) groups excluding carboxylic acids is 1. The summed E-state index contributed by atoms with van der Waals surface area (Å²) in [5, 5.41) is 1.77. The SMILES string of the molecule is O=C1CC(=Nc2ccc(F)cc2F)NN1c1c(Cl)cc(Cl)cc1Cl. The van der Waals surface area contributed by atoms with Crippen molar-refractivity contribution in [3.8, 4) is 0 Å². The highest BCUT2D eigenvalue weighted by Crippen LogP contribution is 2.37. The van der Waals surface area contributed by atoms with Gasteiger partial charge in [-0.3, -0.25) is 10.2 Å². The molecule has 1 aliphatic rings. The van der Waals surface area contributed by atoms with Gasteiger partial charge in [0.05, 0.1) is 16.5 Å². The number of rotatable bonds is 2. The second-order valence-corrected chi connectivity index (χ2v) is 6.14. The molecule has 0 aliphatic carbocycles. The lowest BCUT2D eigenvalue weighted by Gasteiger charge is -2.19. The Kier molecular flexibility index (Phi) is 4.62. The summed E-state index contributed by atoms with van der Waals surface area (Å²) in [5.74, 6) is -1.76. The van der Waals surface area contributed by atoms with Crippen molar-refractivity contribution < 1.29 is 13.6 Å². The molecular formula is C15H8Cl3F2N3O. The van der Waals surface area contributed by atoms with Crippen molar-refractivity contribution in [3.63, 3.8) is 0 Å². The van der Waals surface area contributed by atoms with E-state index < -0.39 is 11.6 Å². The Bertz CT molecular complexity index is 850. The topological polar surface area (TPSA) is 44.7 Å². The van der Waals surface area contributed by atoms with Crippen LogP contribution in [-0.2, 0) is 4.79 Å². The van der Waals surface area contributed by atoms with Gasteiger partial charge in [-0.2, -0.15) is 0 Å². The minimum atomic E-state index is -0.835. The molecule has 1 heterocycles. The van der Waals surface area contributed by atoms with Gasteiger partial charge in [0.15, 0.2) is 5.82 Å². The van der Waals surface area contributed by atoms with Crippen LogP contribution in [-0.4, -0.2) is 11.7 Å². The van der Waals surface area contributed by atoms with Crippen LogP contribution in [0.25, 0.3) is 0 Å². The molecule has 1 amide bonds. The van der Waals surface area contributed by atoms with Gasteiger partial charge >= 0.3 is 0 Å². The molecule has 2 aromatic rings. The van der Waals surface area contributed by atoms with Gasteiger partial charge in [-0.25, -0.2) is 18.8 Å². The van der Waals surface area contributed by atoms with E-state index in [1.807, 2.05) is 0 Å². The van der Waals surface area contributed by atoms with Crippen molar-refractivity contribution in [1.82, 2.24) is 5.43 Å². The van der Waals surface area contributed by atoms with Gasteiger partial charge in [-0.15, -0.1) is 0 Å². The Morgan fingerprint density at radius 1 is 1.08 bits per heavy atom. The number of halogens is 5. The van der Waals surface area contributed by atoms with Crippen LogP contribution in [0.5, 0.6) is 0 Å². The molecule has 1 aliphatic heterocycles. The molecule has 24 heavy (non-hydrogen) atoms. The Morgan fingerprint density at radius 2 is 1.75 bits per heavy atom. The Morgan fingerprint density at radius 3 is 2.38 bits per heavy atom. The summed E-state index contributed by atoms with van der Waals surface area (Å²) >= 11 is 18.0. The van der Waals surface area contributed by atoms with Gasteiger partial charge in [0.1, 0.15) is 23.0 Å². The van der Waals surface area contributed by atoms with Gasteiger partial charge in [-0.05, 0) is 24.3 Å². The first-order chi connectivity index (χ1) is 11.3. The van der Waals surface area contributed by atoms with Gasteiger partial charge < -0.3 is 0 Å². The molecule has 0 aromatic heterocycles. The van der Waals surface area contributed by atoms with Crippen molar-refractivity contribution in [2.75, 3.05) is 5.01 Å². The fourth-order valence-corrected chi connectivity index (χ4v) is 3.15. The van der Waals surface area contributed by atoms with E-state index in [1.54, 1.807) is 0 Å². The second-order valence-electron chi connectivity index (χ2n) is 4.89. The summed E-state index contributed by atoms with van der Waals surface area (Å²) in [4.78, 5) is 16.2. The van der Waals surface area contributed by atoms with Crippen molar-refractivity contribution >= 4 is 57.9 Å². The maximum absolute atomic E-state index is 13.7. The van der Waals surface area contributed by atoms with Crippen LogP contribution in [0.15, 0.2) is 35.3 Å². The first kappa shape index (κ1) is 17.0. The molecule has 0 saturated carbocycles. The monoisotopic (exact) mass is 389 g/mol. The van der Waals surface area contributed by atoms with Gasteiger partial charge in [0.25, 0.3) is 5.91 Å². The van der Waals surface area contributed by atoms with E-state index in [1.165, 1.54) is 18.2 Å². The van der Waals surface area contributed by atoms with Crippen LogP contribution in [0.2, 0.25) is 15.1 Å². The minimum absolute atomic E-state index is 0.0955. The molecule has 4 nitrogen and oxygen atoms in total. The summed E-state index contributed by atoms with van der Waals surface area (Å²) < 4.78 is 26.6. The molecule has 0 atom stereocenters. The number of anilines is 1. The van der Waals surface area contributed by atoms with Crippen LogP contribution in [0.1, 0.15) is 6.42 Å². The molecule has 0 radical (unpaired) electrons.